The number of aliphatic carboxylic acids is 1. The van der Waals surface area contributed by atoms with E-state index < -0.39 is 34.7 Å². The molecule has 0 aromatic heterocycles. The summed E-state index contributed by atoms with van der Waals surface area (Å²) in [7, 11) is -3.94. The Morgan fingerprint density at radius 2 is 2.08 bits per heavy atom. The molecule has 2 aliphatic rings. The molecular formula is C15H19NO8S. The molecule has 0 saturated carbocycles. The molecule has 2 atom stereocenters. The summed E-state index contributed by atoms with van der Waals surface area (Å²) in [6.45, 7) is 0.582. The first-order valence-corrected chi connectivity index (χ1v) is 9.28. The van der Waals surface area contributed by atoms with Crippen LogP contribution in [0.3, 0.4) is 0 Å². The molecule has 10 heteroatoms. The van der Waals surface area contributed by atoms with Gasteiger partial charge in [-0.15, -0.1) is 0 Å². The van der Waals surface area contributed by atoms with E-state index in [0.29, 0.717) is 25.4 Å². The van der Waals surface area contributed by atoms with Gasteiger partial charge in [-0.1, -0.05) is 6.07 Å². The summed E-state index contributed by atoms with van der Waals surface area (Å²) in [6, 6.07) is 3.93. The number of benzene rings is 1. The van der Waals surface area contributed by atoms with Crippen LogP contribution in [0, 0.1) is 0 Å². The zero-order chi connectivity index (χ0) is 17.9. The van der Waals surface area contributed by atoms with Crippen LogP contribution < -0.4 is 14.2 Å². The van der Waals surface area contributed by atoms with Gasteiger partial charge in [-0.3, -0.25) is 0 Å². The minimum atomic E-state index is -3.94. The molecule has 3 rings (SSSR count). The van der Waals surface area contributed by atoms with Gasteiger partial charge in [0.05, 0.1) is 18.8 Å². The Bertz CT molecular complexity index is 735. The zero-order valence-electron chi connectivity index (χ0n) is 13.3. The molecule has 0 spiro atoms. The summed E-state index contributed by atoms with van der Waals surface area (Å²) >= 11 is 0. The molecule has 2 aliphatic heterocycles. The van der Waals surface area contributed by atoms with Gasteiger partial charge >= 0.3 is 5.97 Å². The minimum absolute atomic E-state index is 0.0349. The zero-order valence-corrected chi connectivity index (χ0v) is 14.2. The molecule has 1 aromatic carbocycles. The largest absolute Gasteiger partial charge is 0.486 e. The predicted molar refractivity (Wildman–Crippen MR) is 84.4 cm³/mol. The standard InChI is InChI=1S/C15H19NO8S/c17-14(18)9-24-11-4-5-21-8-10(11)16-25(19,20)13-3-1-2-12-15(13)23-7-6-22-12/h1-3,10-11,16H,4-9H2,(H,17,18)/t10-,11+/m1/s1. The van der Waals surface area contributed by atoms with Crippen molar-refractivity contribution in [2.45, 2.75) is 23.5 Å². The van der Waals surface area contributed by atoms with E-state index in [1.165, 1.54) is 6.07 Å². The molecule has 0 aliphatic carbocycles. The first kappa shape index (κ1) is 17.9. The normalized spacial score (nSPS) is 23.2. The number of hydrogen-bond donors (Lipinski definition) is 2. The van der Waals surface area contributed by atoms with Crippen molar-refractivity contribution in [3.63, 3.8) is 0 Å². The molecule has 1 aromatic rings. The maximum Gasteiger partial charge on any atom is 0.329 e. The van der Waals surface area contributed by atoms with Crippen LogP contribution in [0.2, 0.25) is 0 Å². The van der Waals surface area contributed by atoms with Gasteiger partial charge < -0.3 is 24.1 Å². The summed E-state index contributed by atoms with van der Waals surface area (Å²) in [4.78, 5) is 10.7. The van der Waals surface area contributed by atoms with Crippen molar-refractivity contribution in [3.8, 4) is 11.5 Å². The summed E-state index contributed by atoms with van der Waals surface area (Å²) in [5.41, 5.74) is 0. The maximum absolute atomic E-state index is 12.8. The van der Waals surface area contributed by atoms with Crippen molar-refractivity contribution in [1.29, 1.82) is 0 Å². The molecule has 0 bridgehead atoms. The van der Waals surface area contributed by atoms with Gasteiger partial charge in [0.15, 0.2) is 11.5 Å². The Hall–Kier alpha value is -1.88. The van der Waals surface area contributed by atoms with Crippen molar-refractivity contribution in [1.82, 2.24) is 4.72 Å². The van der Waals surface area contributed by atoms with Crippen LogP contribution in [-0.4, -0.2) is 64.7 Å². The monoisotopic (exact) mass is 373 g/mol. The third-order valence-corrected chi connectivity index (χ3v) is 5.35. The topological polar surface area (TPSA) is 120 Å². The maximum atomic E-state index is 12.8. The third kappa shape index (κ3) is 4.21. The number of rotatable bonds is 6. The van der Waals surface area contributed by atoms with Crippen LogP contribution >= 0.6 is 0 Å². The van der Waals surface area contributed by atoms with E-state index in [9.17, 15) is 13.2 Å². The molecule has 2 N–H and O–H groups in total. The van der Waals surface area contributed by atoms with Crippen LogP contribution in [-0.2, 0) is 24.3 Å². The Morgan fingerprint density at radius 3 is 2.88 bits per heavy atom. The van der Waals surface area contributed by atoms with Crippen LogP contribution in [0.5, 0.6) is 11.5 Å². The van der Waals surface area contributed by atoms with Crippen molar-refractivity contribution in [2.24, 2.45) is 0 Å². The summed E-state index contributed by atoms with van der Waals surface area (Å²) in [5.74, 6) is -0.579. The lowest BCUT2D eigenvalue weighted by atomic mass is 10.1. The highest BCUT2D eigenvalue weighted by Crippen LogP contribution is 2.36. The SMILES string of the molecule is O=C(O)CO[C@H]1CCOC[C@H]1NS(=O)(=O)c1cccc2c1OCCO2. The molecule has 2 heterocycles. The number of carbonyl (C=O) groups is 1. The quantitative estimate of drug-likeness (QED) is 0.715. The molecule has 9 nitrogen and oxygen atoms in total. The molecule has 138 valence electrons. The summed E-state index contributed by atoms with van der Waals surface area (Å²) in [5, 5.41) is 8.75. The molecule has 0 unspecified atom stereocenters. The lowest BCUT2D eigenvalue weighted by molar-refractivity contribution is -0.147. The smallest absolute Gasteiger partial charge is 0.329 e. The number of nitrogens with one attached hydrogen (secondary N) is 1. The van der Waals surface area contributed by atoms with E-state index in [1.807, 2.05) is 0 Å². The number of fused-ring (bicyclic) bond motifs is 1. The molecule has 1 saturated heterocycles. The van der Waals surface area contributed by atoms with Crippen LogP contribution in [0.15, 0.2) is 23.1 Å². The van der Waals surface area contributed by atoms with Gasteiger partial charge in [0.25, 0.3) is 0 Å². The highest BCUT2D eigenvalue weighted by molar-refractivity contribution is 7.89. The number of carboxylic acid groups (broad SMARTS) is 1. The third-order valence-electron chi connectivity index (χ3n) is 3.84. The molecule has 25 heavy (non-hydrogen) atoms. The van der Waals surface area contributed by atoms with E-state index in [4.69, 9.17) is 24.1 Å². The lowest BCUT2D eigenvalue weighted by Crippen LogP contribution is -2.50. The van der Waals surface area contributed by atoms with E-state index in [1.54, 1.807) is 12.1 Å². The average molecular weight is 373 g/mol. The predicted octanol–water partition coefficient (Wildman–Crippen LogP) is -0.00520. The van der Waals surface area contributed by atoms with Crippen molar-refractivity contribution in [2.75, 3.05) is 33.0 Å². The van der Waals surface area contributed by atoms with E-state index >= 15 is 0 Å². The first-order valence-electron chi connectivity index (χ1n) is 7.79. The highest BCUT2D eigenvalue weighted by atomic mass is 32.2. The average Bonchev–Trinajstić information content (AvgIpc) is 2.60. The van der Waals surface area contributed by atoms with Crippen LogP contribution in [0.4, 0.5) is 0 Å². The van der Waals surface area contributed by atoms with Gasteiger partial charge in [0, 0.05) is 6.61 Å². The molecule has 0 amide bonds. The fourth-order valence-corrected chi connectivity index (χ4v) is 4.13. The van der Waals surface area contributed by atoms with Gasteiger partial charge in [-0.25, -0.2) is 17.9 Å². The highest BCUT2D eigenvalue weighted by Gasteiger charge is 2.33. The second-order valence-corrected chi connectivity index (χ2v) is 7.30. The number of carboxylic acids is 1. The molecule has 1 fully saturated rings. The first-order chi connectivity index (χ1) is 12.0. The van der Waals surface area contributed by atoms with Gasteiger partial charge in [0.1, 0.15) is 24.7 Å². The fourth-order valence-electron chi connectivity index (χ4n) is 2.73. The second kappa shape index (κ2) is 7.56. The number of sulfonamides is 1. The van der Waals surface area contributed by atoms with Crippen molar-refractivity contribution < 1.29 is 37.3 Å². The van der Waals surface area contributed by atoms with E-state index in [0.717, 1.165) is 0 Å². The number of para-hydroxylation sites is 1. The van der Waals surface area contributed by atoms with Crippen LogP contribution in [0.25, 0.3) is 0 Å². The second-order valence-electron chi connectivity index (χ2n) is 5.61. The van der Waals surface area contributed by atoms with Gasteiger partial charge in [-0.2, -0.15) is 0 Å². The Labute approximate surface area is 144 Å². The van der Waals surface area contributed by atoms with Crippen molar-refractivity contribution >= 4 is 16.0 Å². The Balaban J connectivity index is 1.79. The number of ether oxygens (including phenoxy) is 4. The van der Waals surface area contributed by atoms with E-state index in [-0.39, 0.29) is 23.9 Å². The van der Waals surface area contributed by atoms with Crippen LogP contribution in [0.1, 0.15) is 6.42 Å². The summed E-state index contributed by atoms with van der Waals surface area (Å²) < 4.78 is 49.5. The fraction of sp³-hybridized carbons (Fsp3) is 0.533. The molecular weight excluding hydrogens is 354 g/mol. The van der Waals surface area contributed by atoms with Gasteiger partial charge in [0.2, 0.25) is 10.0 Å². The Kier molecular flexibility index (Phi) is 5.42. The summed E-state index contributed by atoms with van der Waals surface area (Å²) in [6.07, 6.45) is -0.191. The minimum Gasteiger partial charge on any atom is -0.486 e. The van der Waals surface area contributed by atoms with Crippen molar-refractivity contribution in [3.05, 3.63) is 18.2 Å². The van der Waals surface area contributed by atoms with E-state index in [2.05, 4.69) is 4.72 Å². The molecule has 0 radical (unpaired) electrons. The lowest BCUT2D eigenvalue weighted by Gasteiger charge is -2.31. The van der Waals surface area contributed by atoms with Gasteiger partial charge in [-0.05, 0) is 18.6 Å². The number of hydrogen-bond acceptors (Lipinski definition) is 7. The Morgan fingerprint density at radius 1 is 1.28 bits per heavy atom.